The van der Waals surface area contributed by atoms with Gasteiger partial charge in [-0.25, -0.2) is 15.1 Å². The highest BCUT2D eigenvalue weighted by molar-refractivity contribution is 5.94. The zero-order chi connectivity index (χ0) is 24.8. The summed E-state index contributed by atoms with van der Waals surface area (Å²) < 4.78 is 9.15. The molecule has 2 amide bonds. The number of methoxy groups -OCH3 is 1. The van der Waals surface area contributed by atoms with Gasteiger partial charge in [0.15, 0.2) is 5.69 Å². The van der Waals surface area contributed by atoms with Crippen LogP contribution in [0.1, 0.15) is 31.0 Å². The fraction of sp³-hybridized carbons (Fsp3) is 0.400. The van der Waals surface area contributed by atoms with E-state index < -0.39 is 0 Å². The van der Waals surface area contributed by atoms with Gasteiger partial charge >= 0.3 is 11.6 Å². The quantitative estimate of drug-likeness (QED) is 0.503. The van der Waals surface area contributed by atoms with Crippen LogP contribution in [0, 0.1) is 13.8 Å². The van der Waals surface area contributed by atoms with Gasteiger partial charge in [-0.3, -0.25) is 10.1 Å². The lowest BCUT2D eigenvalue weighted by Crippen LogP contribution is -2.48. The molecule has 9 heteroatoms. The van der Waals surface area contributed by atoms with Gasteiger partial charge in [0.2, 0.25) is 5.91 Å². The maximum Gasteiger partial charge on any atom is 0.452 e. The third-order valence-corrected chi connectivity index (χ3v) is 5.95. The number of aryl methyl sites for hydroxylation is 4. The van der Waals surface area contributed by atoms with E-state index >= 15 is 0 Å². The number of rotatable bonds is 4. The Bertz CT molecular complexity index is 1200. The molecule has 0 radical (unpaired) electrons. The standard InChI is InChI=1S/C17H23N4O.C8H10N2O2/c1-11-10-12(2)20(3)17-13(11)7-8-15(21(17)4)19-16(22)14-6-5-9-18-14;1-6(11)9-7-4-3-5-8(10-7)12-2/h7-8,10,14,18H,5-6,9H2,1-4H3;3-5H,1-2H3,(H,9,10,11)/q+1;/p+2/t14-;/m0./s1. The Hall–Kier alpha value is -3.59. The monoisotopic (exact) mass is 467 g/mol. The third kappa shape index (κ3) is 5.85. The maximum atomic E-state index is 12.3. The molecule has 4 heterocycles. The van der Waals surface area contributed by atoms with E-state index in [1.807, 2.05) is 13.1 Å². The highest BCUT2D eigenvalue weighted by atomic mass is 16.5. The summed E-state index contributed by atoms with van der Waals surface area (Å²) in [6.45, 7) is 6.60. The van der Waals surface area contributed by atoms with Crippen molar-refractivity contribution in [2.45, 2.75) is 39.7 Å². The average molecular weight is 468 g/mol. The number of carbonyl (C=O) groups is 2. The molecule has 0 unspecified atom stereocenters. The minimum absolute atomic E-state index is 0.0551. The number of amides is 2. The van der Waals surface area contributed by atoms with E-state index in [0.717, 1.165) is 30.9 Å². The minimum Gasteiger partial charge on any atom is -0.466 e. The minimum atomic E-state index is -0.112. The van der Waals surface area contributed by atoms with Gasteiger partial charge in [0.25, 0.3) is 17.5 Å². The number of nitrogens with zero attached hydrogens (tertiary/aromatic N) is 2. The summed E-state index contributed by atoms with van der Waals surface area (Å²) in [5.41, 5.74) is 3.55. The predicted octanol–water partition coefficient (Wildman–Crippen LogP) is 1.26. The van der Waals surface area contributed by atoms with Crippen molar-refractivity contribution in [2.75, 3.05) is 24.3 Å². The Morgan fingerprint density at radius 2 is 1.88 bits per heavy atom. The summed E-state index contributed by atoms with van der Waals surface area (Å²) in [7, 11) is 5.61. The lowest BCUT2D eigenvalue weighted by atomic mass is 10.1. The maximum absolute atomic E-state index is 12.3. The SMILES string of the molecule is COc1cccc(NC(C)=O)[nH+]1.Cc1cc(C)[n+](C)c2c1ccc(NC(=O)[C@@H]1CCCN1)[n+]2C. The van der Waals surface area contributed by atoms with Crippen molar-refractivity contribution in [3.05, 3.63) is 47.7 Å². The number of aromatic amines is 1. The molecule has 0 aromatic carbocycles. The average Bonchev–Trinajstić information content (AvgIpc) is 3.34. The molecule has 0 aliphatic carbocycles. The summed E-state index contributed by atoms with van der Waals surface area (Å²) in [6, 6.07) is 11.5. The summed E-state index contributed by atoms with van der Waals surface area (Å²) in [5.74, 6) is 2.01. The van der Waals surface area contributed by atoms with Crippen molar-refractivity contribution < 1.29 is 28.4 Å². The van der Waals surface area contributed by atoms with E-state index in [9.17, 15) is 9.59 Å². The van der Waals surface area contributed by atoms with Gasteiger partial charge in [0, 0.05) is 38.1 Å². The van der Waals surface area contributed by atoms with E-state index in [-0.39, 0.29) is 17.9 Å². The Balaban J connectivity index is 0.000000229. The molecule has 3 aromatic rings. The molecule has 1 aliphatic heterocycles. The molecular weight excluding hydrogens is 432 g/mol. The number of pyridine rings is 3. The number of ether oxygens (including phenoxy) is 1. The summed E-state index contributed by atoms with van der Waals surface area (Å²) in [6.07, 6.45) is 1.98. The van der Waals surface area contributed by atoms with E-state index in [2.05, 4.69) is 63.1 Å². The van der Waals surface area contributed by atoms with Crippen molar-refractivity contribution in [3.8, 4) is 5.88 Å². The van der Waals surface area contributed by atoms with Gasteiger partial charge < -0.3 is 10.1 Å². The lowest BCUT2D eigenvalue weighted by molar-refractivity contribution is -0.750. The van der Waals surface area contributed by atoms with Crippen molar-refractivity contribution >= 4 is 34.5 Å². The van der Waals surface area contributed by atoms with Crippen LogP contribution in [0.5, 0.6) is 5.88 Å². The summed E-state index contributed by atoms with van der Waals surface area (Å²) in [4.78, 5) is 25.8. The highest BCUT2D eigenvalue weighted by Gasteiger charge is 2.27. The Morgan fingerprint density at radius 1 is 1.12 bits per heavy atom. The molecule has 34 heavy (non-hydrogen) atoms. The zero-order valence-corrected chi connectivity index (χ0v) is 20.8. The number of aromatic nitrogens is 3. The van der Waals surface area contributed by atoms with E-state index in [1.165, 1.54) is 23.6 Å². The van der Waals surface area contributed by atoms with Crippen LogP contribution in [0.2, 0.25) is 0 Å². The first kappa shape index (κ1) is 25.0. The van der Waals surface area contributed by atoms with Crippen molar-refractivity contribution in [1.82, 2.24) is 5.32 Å². The molecule has 4 N–H and O–H groups in total. The largest absolute Gasteiger partial charge is 0.466 e. The molecule has 0 saturated carbocycles. The molecule has 0 bridgehead atoms. The molecule has 1 atom stereocenters. The zero-order valence-electron chi connectivity index (χ0n) is 20.8. The van der Waals surface area contributed by atoms with Crippen LogP contribution in [0.3, 0.4) is 0 Å². The first-order valence-corrected chi connectivity index (χ1v) is 11.4. The number of fused-ring (bicyclic) bond motifs is 1. The Labute approximate surface area is 200 Å². The van der Waals surface area contributed by atoms with Crippen LogP contribution in [0.4, 0.5) is 11.6 Å². The van der Waals surface area contributed by atoms with Crippen molar-refractivity contribution in [3.63, 3.8) is 0 Å². The molecule has 180 valence electrons. The number of nitrogens with one attached hydrogen (secondary N) is 4. The number of H-pyrrole nitrogens is 1. The number of hydrogen-bond acceptors (Lipinski definition) is 4. The molecule has 1 saturated heterocycles. The number of carbonyl (C=O) groups excluding carboxylic acids is 2. The second-order valence-electron chi connectivity index (χ2n) is 8.49. The third-order valence-electron chi connectivity index (χ3n) is 5.95. The van der Waals surface area contributed by atoms with Gasteiger partial charge in [0.1, 0.15) is 19.5 Å². The Morgan fingerprint density at radius 3 is 2.53 bits per heavy atom. The fourth-order valence-electron chi connectivity index (χ4n) is 4.09. The first-order chi connectivity index (χ1) is 16.2. The van der Waals surface area contributed by atoms with Gasteiger partial charge in [-0.1, -0.05) is 0 Å². The van der Waals surface area contributed by atoms with E-state index in [4.69, 9.17) is 4.74 Å². The van der Waals surface area contributed by atoms with Crippen LogP contribution in [-0.2, 0) is 23.7 Å². The van der Waals surface area contributed by atoms with Gasteiger partial charge in [-0.05, 0) is 44.0 Å². The van der Waals surface area contributed by atoms with E-state index in [0.29, 0.717) is 11.7 Å². The van der Waals surface area contributed by atoms with Crippen LogP contribution in [-0.4, -0.2) is 31.5 Å². The van der Waals surface area contributed by atoms with Crippen LogP contribution >= 0.6 is 0 Å². The molecule has 3 aromatic heterocycles. The second kappa shape index (κ2) is 11.0. The normalized spacial score (nSPS) is 14.8. The molecule has 1 aliphatic rings. The van der Waals surface area contributed by atoms with Gasteiger partial charge in [-0.2, -0.15) is 0 Å². The predicted molar refractivity (Wildman–Crippen MR) is 129 cm³/mol. The van der Waals surface area contributed by atoms with E-state index in [1.54, 1.807) is 25.3 Å². The van der Waals surface area contributed by atoms with Crippen molar-refractivity contribution in [1.29, 1.82) is 0 Å². The number of hydrogen-bond donors (Lipinski definition) is 3. The molecule has 1 fully saturated rings. The van der Waals surface area contributed by atoms with Crippen LogP contribution in [0.25, 0.3) is 11.0 Å². The van der Waals surface area contributed by atoms with Gasteiger partial charge in [-0.15, -0.1) is 9.13 Å². The smallest absolute Gasteiger partial charge is 0.452 e. The van der Waals surface area contributed by atoms with Crippen LogP contribution in [0.15, 0.2) is 36.4 Å². The summed E-state index contributed by atoms with van der Waals surface area (Å²) >= 11 is 0. The Kier molecular flexibility index (Phi) is 8.12. The van der Waals surface area contributed by atoms with Crippen molar-refractivity contribution in [2.24, 2.45) is 14.1 Å². The van der Waals surface area contributed by atoms with Crippen LogP contribution < -0.4 is 34.8 Å². The molecular formula is C25H35N6O3+3. The highest BCUT2D eigenvalue weighted by Crippen LogP contribution is 2.16. The van der Waals surface area contributed by atoms with Gasteiger partial charge in [0.05, 0.1) is 13.2 Å². The second-order valence-corrected chi connectivity index (χ2v) is 8.49. The lowest BCUT2D eigenvalue weighted by Gasteiger charge is -2.10. The first-order valence-electron chi connectivity index (χ1n) is 11.4. The molecule has 4 rings (SSSR count). The topological polar surface area (TPSA) is 101 Å². The number of anilines is 2. The molecule has 9 nitrogen and oxygen atoms in total. The fourth-order valence-corrected chi connectivity index (χ4v) is 4.09. The summed E-state index contributed by atoms with van der Waals surface area (Å²) in [5, 5.41) is 10.1. The molecule has 0 spiro atoms.